The molecule has 7 heteroatoms. The molecule has 0 spiro atoms. The van der Waals surface area contributed by atoms with E-state index in [1.165, 1.54) is 11.8 Å². The molecule has 4 rings (SSSR count). The molecule has 178 valence electrons. The van der Waals surface area contributed by atoms with Crippen molar-refractivity contribution in [3.63, 3.8) is 0 Å². The van der Waals surface area contributed by atoms with Crippen LogP contribution in [0.5, 0.6) is 5.75 Å². The lowest BCUT2D eigenvalue weighted by Gasteiger charge is -2.14. The molecule has 2 amide bonds. The van der Waals surface area contributed by atoms with Gasteiger partial charge in [0.15, 0.2) is 10.9 Å². The minimum Gasteiger partial charge on any atom is -0.484 e. The highest BCUT2D eigenvalue weighted by Crippen LogP contribution is 2.36. The molecular formula is C28H26N2O3S2. The van der Waals surface area contributed by atoms with Crippen molar-refractivity contribution in [1.82, 2.24) is 0 Å². The second-order valence-corrected chi connectivity index (χ2v) is 10.2. The molecule has 0 aromatic heterocycles. The number of carbonyl (C=O) groups is 2. The Morgan fingerprint density at radius 2 is 1.60 bits per heavy atom. The molecule has 3 aromatic rings. The highest BCUT2D eigenvalue weighted by molar-refractivity contribution is 8.27. The number of carbonyl (C=O) groups excluding carboxylic acids is 2. The van der Waals surface area contributed by atoms with Crippen molar-refractivity contribution in [2.24, 2.45) is 0 Å². The van der Waals surface area contributed by atoms with E-state index in [0.29, 0.717) is 15.0 Å². The van der Waals surface area contributed by atoms with Gasteiger partial charge in [-0.2, -0.15) is 0 Å². The van der Waals surface area contributed by atoms with Crippen LogP contribution in [0.1, 0.15) is 27.8 Å². The van der Waals surface area contributed by atoms with Gasteiger partial charge in [0.25, 0.3) is 11.8 Å². The summed E-state index contributed by atoms with van der Waals surface area (Å²) in [7, 11) is 0. The number of aryl methyl sites for hydroxylation is 4. The number of nitrogens with zero attached hydrogens (tertiary/aromatic N) is 1. The molecule has 5 nitrogen and oxygen atoms in total. The highest BCUT2D eigenvalue weighted by Gasteiger charge is 2.33. The molecule has 1 aliphatic rings. The summed E-state index contributed by atoms with van der Waals surface area (Å²) in [6.07, 6.45) is 1.81. The molecule has 1 N–H and O–H groups in total. The normalized spacial score (nSPS) is 14.5. The van der Waals surface area contributed by atoms with Gasteiger partial charge >= 0.3 is 0 Å². The first-order valence-corrected chi connectivity index (χ1v) is 12.4. The van der Waals surface area contributed by atoms with E-state index in [9.17, 15) is 9.59 Å². The molecule has 0 unspecified atom stereocenters. The van der Waals surface area contributed by atoms with Crippen LogP contribution < -0.4 is 15.0 Å². The van der Waals surface area contributed by atoms with Crippen LogP contribution in [0.2, 0.25) is 0 Å². The fourth-order valence-corrected chi connectivity index (χ4v) is 5.20. The van der Waals surface area contributed by atoms with Gasteiger partial charge in [-0.15, -0.1) is 0 Å². The van der Waals surface area contributed by atoms with Gasteiger partial charge in [0, 0.05) is 5.69 Å². The van der Waals surface area contributed by atoms with Gasteiger partial charge in [0.1, 0.15) is 5.75 Å². The third-order valence-electron chi connectivity index (χ3n) is 5.58. The fraction of sp³-hybridized carbons (Fsp3) is 0.179. The molecule has 1 fully saturated rings. The maximum absolute atomic E-state index is 12.9. The predicted octanol–water partition coefficient (Wildman–Crippen LogP) is 6.34. The predicted molar refractivity (Wildman–Crippen MR) is 148 cm³/mol. The van der Waals surface area contributed by atoms with Gasteiger partial charge in [0.05, 0.1) is 10.6 Å². The number of anilines is 2. The van der Waals surface area contributed by atoms with Crippen molar-refractivity contribution >= 4 is 57.6 Å². The van der Waals surface area contributed by atoms with Gasteiger partial charge in [-0.3, -0.25) is 14.5 Å². The third-order valence-corrected chi connectivity index (χ3v) is 6.88. The highest BCUT2D eigenvalue weighted by atomic mass is 32.2. The van der Waals surface area contributed by atoms with E-state index in [1.807, 2.05) is 82.3 Å². The number of nitrogens with one attached hydrogen (secondary N) is 1. The van der Waals surface area contributed by atoms with Crippen molar-refractivity contribution in [2.45, 2.75) is 27.7 Å². The molecule has 0 aliphatic carbocycles. The Labute approximate surface area is 215 Å². The Morgan fingerprint density at radius 1 is 0.971 bits per heavy atom. The quantitative estimate of drug-likeness (QED) is 0.315. The lowest BCUT2D eigenvalue weighted by molar-refractivity contribution is -0.118. The number of hydrogen-bond donors (Lipinski definition) is 1. The van der Waals surface area contributed by atoms with Gasteiger partial charge in [-0.25, -0.2) is 0 Å². The number of ether oxygens (including phenoxy) is 1. The number of benzene rings is 3. The average molecular weight is 503 g/mol. The molecule has 1 heterocycles. The van der Waals surface area contributed by atoms with Crippen molar-refractivity contribution in [3.05, 3.63) is 93.4 Å². The summed E-state index contributed by atoms with van der Waals surface area (Å²) >= 11 is 6.73. The van der Waals surface area contributed by atoms with Crippen molar-refractivity contribution in [1.29, 1.82) is 0 Å². The van der Waals surface area contributed by atoms with E-state index in [2.05, 4.69) is 5.32 Å². The molecular weight excluding hydrogens is 476 g/mol. The molecule has 0 atom stereocenters. The van der Waals surface area contributed by atoms with Gasteiger partial charge in [-0.05, 0) is 74.7 Å². The average Bonchev–Trinajstić information content (AvgIpc) is 3.09. The summed E-state index contributed by atoms with van der Waals surface area (Å²) in [6, 6.07) is 19.0. The summed E-state index contributed by atoms with van der Waals surface area (Å²) < 4.78 is 6.17. The van der Waals surface area contributed by atoms with Crippen molar-refractivity contribution < 1.29 is 14.3 Å². The Hall–Kier alpha value is -3.42. The summed E-state index contributed by atoms with van der Waals surface area (Å²) in [4.78, 5) is 27.5. The first-order valence-electron chi connectivity index (χ1n) is 11.2. The molecule has 0 bridgehead atoms. The van der Waals surface area contributed by atoms with Gasteiger partial charge in [-0.1, -0.05) is 71.5 Å². The fourth-order valence-electron chi connectivity index (χ4n) is 3.90. The lowest BCUT2D eigenvalue weighted by atomic mass is 10.1. The van der Waals surface area contributed by atoms with Crippen LogP contribution in [0, 0.1) is 27.7 Å². The molecule has 0 radical (unpaired) electrons. The third kappa shape index (κ3) is 5.81. The summed E-state index contributed by atoms with van der Waals surface area (Å²) in [5.41, 5.74) is 6.75. The second-order valence-electron chi connectivity index (χ2n) is 8.53. The van der Waals surface area contributed by atoms with Crippen LogP contribution in [0.15, 0.2) is 65.6 Å². The van der Waals surface area contributed by atoms with Crippen molar-refractivity contribution in [3.8, 4) is 5.75 Å². The minimum absolute atomic E-state index is 0.0959. The van der Waals surface area contributed by atoms with E-state index >= 15 is 0 Å². The zero-order valence-electron chi connectivity index (χ0n) is 20.0. The Bertz CT molecular complexity index is 1310. The van der Waals surface area contributed by atoms with Crippen molar-refractivity contribution in [2.75, 3.05) is 16.8 Å². The largest absolute Gasteiger partial charge is 0.484 e. The minimum atomic E-state index is -0.219. The zero-order valence-corrected chi connectivity index (χ0v) is 21.7. The Kier molecular flexibility index (Phi) is 7.38. The van der Waals surface area contributed by atoms with E-state index in [1.54, 1.807) is 17.0 Å². The van der Waals surface area contributed by atoms with Crippen LogP contribution >= 0.6 is 24.0 Å². The number of amides is 2. The van der Waals surface area contributed by atoms with E-state index in [0.717, 1.165) is 39.2 Å². The molecule has 0 saturated carbocycles. The SMILES string of the molecule is Cc1ccc(N2C(=O)/C(=C/c3ccc(OCC(=O)Nc4c(C)cc(C)cc4C)cc3)SC2=S)cc1. The maximum Gasteiger partial charge on any atom is 0.270 e. The van der Waals surface area contributed by atoms with Crippen LogP contribution in [0.3, 0.4) is 0 Å². The van der Waals surface area contributed by atoms with Gasteiger partial charge in [0.2, 0.25) is 0 Å². The van der Waals surface area contributed by atoms with Crippen LogP contribution in [-0.2, 0) is 9.59 Å². The van der Waals surface area contributed by atoms with Gasteiger partial charge < -0.3 is 10.1 Å². The first-order chi connectivity index (χ1) is 16.7. The zero-order chi connectivity index (χ0) is 25.1. The molecule has 1 saturated heterocycles. The maximum atomic E-state index is 12.9. The first kappa shape index (κ1) is 24.7. The molecule has 1 aliphatic heterocycles. The van der Waals surface area contributed by atoms with E-state index < -0.39 is 0 Å². The van der Waals surface area contributed by atoms with E-state index in [4.69, 9.17) is 17.0 Å². The van der Waals surface area contributed by atoms with E-state index in [-0.39, 0.29) is 18.4 Å². The monoisotopic (exact) mass is 502 g/mol. The smallest absolute Gasteiger partial charge is 0.270 e. The molecule has 35 heavy (non-hydrogen) atoms. The van der Waals surface area contributed by atoms with Crippen LogP contribution in [0.4, 0.5) is 11.4 Å². The van der Waals surface area contributed by atoms with Crippen LogP contribution in [-0.4, -0.2) is 22.7 Å². The summed E-state index contributed by atoms with van der Waals surface area (Å²) in [5, 5.41) is 2.93. The molecule has 3 aromatic carbocycles. The number of thioether (sulfide) groups is 1. The number of rotatable bonds is 6. The summed E-state index contributed by atoms with van der Waals surface area (Å²) in [5.74, 6) is 0.216. The topological polar surface area (TPSA) is 58.6 Å². The lowest BCUT2D eigenvalue weighted by Crippen LogP contribution is -2.27. The Balaban J connectivity index is 1.37. The number of hydrogen-bond acceptors (Lipinski definition) is 5. The standard InChI is InChI=1S/C28H26N2O3S2/c1-17-5-9-22(10-6-17)30-27(32)24(35-28(30)34)15-21-7-11-23(12-8-21)33-16-25(31)29-26-19(3)13-18(2)14-20(26)4/h5-15H,16H2,1-4H3,(H,29,31)/b24-15-. The number of thiocarbonyl (C=S) groups is 1. The van der Waals surface area contributed by atoms with Crippen LogP contribution in [0.25, 0.3) is 6.08 Å². The Morgan fingerprint density at radius 3 is 2.23 bits per heavy atom. The summed E-state index contributed by atoms with van der Waals surface area (Å²) in [6.45, 7) is 7.89. The second kappa shape index (κ2) is 10.5.